The van der Waals surface area contributed by atoms with E-state index in [1.165, 1.54) is 29.1 Å². The van der Waals surface area contributed by atoms with E-state index in [2.05, 4.69) is 30.7 Å². The van der Waals surface area contributed by atoms with Crippen LogP contribution >= 0.6 is 22.7 Å². The molecule has 20 heavy (non-hydrogen) atoms. The van der Waals surface area contributed by atoms with Gasteiger partial charge in [0.15, 0.2) is 10.3 Å². The highest BCUT2D eigenvalue weighted by Gasteiger charge is 2.27. The Kier molecular flexibility index (Phi) is 3.46. The Morgan fingerprint density at radius 1 is 1.20 bits per heavy atom. The van der Waals surface area contributed by atoms with Crippen molar-refractivity contribution in [2.45, 2.75) is 39.0 Å². The molecular weight excluding hydrogens is 288 g/mol. The van der Waals surface area contributed by atoms with Crippen molar-refractivity contribution in [3.8, 4) is 10.6 Å². The predicted octanol–water partition coefficient (Wildman–Crippen LogP) is 3.75. The number of anilines is 2. The van der Waals surface area contributed by atoms with Gasteiger partial charge in [-0.15, -0.1) is 11.3 Å². The third-order valence-corrected chi connectivity index (χ3v) is 5.27. The second kappa shape index (κ2) is 5.00. The highest BCUT2D eigenvalue weighted by Crippen LogP contribution is 2.41. The summed E-state index contributed by atoms with van der Waals surface area (Å²) in [5.41, 5.74) is 7.91. The van der Waals surface area contributed by atoms with Gasteiger partial charge in [0.2, 0.25) is 0 Å². The van der Waals surface area contributed by atoms with Gasteiger partial charge >= 0.3 is 0 Å². The molecule has 3 rings (SSSR count). The molecular formula is C14H20N4S2. The normalized spacial score (nSPS) is 16.1. The highest BCUT2D eigenvalue weighted by molar-refractivity contribution is 7.19. The van der Waals surface area contributed by atoms with Crippen LogP contribution in [0.3, 0.4) is 0 Å². The Hall–Kier alpha value is -1.14. The fourth-order valence-corrected chi connectivity index (χ4v) is 4.34. The van der Waals surface area contributed by atoms with Crippen LogP contribution in [0.15, 0.2) is 5.38 Å². The van der Waals surface area contributed by atoms with Crippen LogP contribution in [0.2, 0.25) is 0 Å². The Balaban J connectivity index is 2.06. The number of hydrogen-bond donors (Lipinski definition) is 1. The molecule has 2 aromatic rings. The van der Waals surface area contributed by atoms with E-state index in [0.717, 1.165) is 29.6 Å². The van der Waals surface area contributed by atoms with Crippen LogP contribution in [-0.4, -0.2) is 23.1 Å². The zero-order valence-corrected chi connectivity index (χ0v) is 13.8. The SMILES string of the molecule is CC(C)(C)c1nc(N2CCCC2)sc1-c1csc(N)n1. The van der Waals surface area contributed by atoms with Crippen LogP contribution in [-0.2, 0) is 5.41 Å². The Morgan fingerprint density at radius 2 is 1.90 bits per heavy atom. The lowest BCUT2D eigenvalue weighted by molar-refractivity contribution is 0.574. The first kappa shape index (κ1) is 13.8. The Morgan fingerprint density at radius 3 is 2.45 bits per heavy atom. The second-order valence-electron chi connectivity index (χ2n) is 6.19. The molecule has 0 amide bonds. The molecule has 0 radical (unpaired) electrons. The highest BCUT2D eigenvalue weighted by atomic mass is 32.1. The number of rotatable bonds is 2. The van der Waals surface area contributed by atoms with Gasteiger partial charge in [0, 0.05) is 23.9 Å². The van der Waals surface area contributed by atoms with Crippen molar-refractivity contribution >= 4 is 32.9 Å². The molecule has 1 fully saturated rings. The maximum absolute atomic E-state index is 5.79. The zero-order chi connectivity index (χ0) is 14.3. The third-order valence-electron chi connectivity index (χ3n) is 3.46. The number of aromatic nitrogens is 2. The summed E-state index contributed by atoms with van der Waals surface area (Å²) < 4.78 is 0. The zero-order valence-electron chi connectivity index (χ0n) is 12.1. The predicted molar refractivity (Wildman–Crippen MR) is 87.8 cm³/mol. The number of thiazole rings is 2. The van der Waals surface area contributed by atoms with Crippen molar-refractivity contribution in [2.24, 2.45) is 0 Å². The van der Waals surface area contributed by atoms with Crippen LogP contribution in [0.1, 0.15) is 39.3 Å². The summed E-state index contributed by atoms with van der Waals surface area (Å²) in [5, 5.41) is 3.79. The molecule has 1 aliphatic heterocycles. The quantitative estimate of drug-likeness (QED) is 0.918. The van der Waals surface area contributed by atoms with Crippen LogP contribution in [0, 0.1) is 0 Å². The molecule has 0 saturated carbocycles. The Bertz CT molecular complexity index is 603. The van der Waals surface area contributed by atoms with Crippen molar-refractivity contribution in [1.29, 1.82) is 0 Å². The van der Waals surface area contributed by atoms with Gasteiger partial charge < -0.3 is 10.6 Å². The van der Waals surface area contributed by atoms with E-state index >= 15 is 0 Å². The maximum Gasteiger partial charge on any atom is 0.186 e. The number of nitrogen functional groups attached to an aromatic ring is 1. The average Bonchev–Trinajstić information content (AvgIpc) is 3.06. The molecule has 0 aromatic carbocycles. The summed E-state index contributed by atoms with van der Waals surface area (Å²) in [4.78, 5) is 12.9. The minimum Gasteiger partial charge on any atom is -0.375 e. The van der Waals surface area contributed by atoms with E-state index in [1.807, 2.05) is 5.38 Å². The molecule has 3 heterocycles. The van der Waals surface area contributed by atoms with Crippen LogP contribution in [0.25, 0.3) is 10.6 Å². The van der Waals surface area contributed by atoms with Gasteiger partial charge in [-0.05, 0) is 12.8 Å². The van der Waals surface area contributed by atoms with Gasteiger partial charge in [0.1, 0.15) is 0 Å². The molecule has 0 aliphatic carbocycles. The van der Waals surface area contributed by atoms with Crippen molar-refractivity contribution < 1.29 is 0 Å². The van der Waals surface area contributed by atoms with Crippen molar-refractivity contribution in [1.82, 2.24) is 9.97 Å². The van der Waals surface area contributed by atoms with Crippen LogP contribution < -0.4 is 10.6 Å². The molecule has 0 spiro atoms. The summed E-state index contributed by atoms with van der Waals surface area (Å²) in [5.74, 6) is 0. The van der Waals surface area contributed by atoms with E-state index in [4.69, 9.17) is 10.7 Å². The summed E-state index contributed by atoms with van der Waals surface area (Å²) in [6, 6.07) is 0. The maximum atomic E-state index is 5.79. The fraction of sp³-hybridized carbons (Fsp3) is 0.571. The smallest absolute Gasteiger partial charge is 0.186 e. The number of nitrogens with zero attached hydrogens (tertiary/aromatic N) is 3. The molecule has 1 aliphatic rings. The summed E-state index contributed by atoms with van der Waals surface area (Å²) in [6.07, 6.45) is 2.53. The second-order valence-corrected chi connectivity index (χ2v) is 8.06. The van der Waals surface area contributed by atoms with Gasteiger partial charge in [-0.3, -0.25) is 0 Å². The van der Waals surface area contributed by atoms with E-state index in [-0.39, 0.29) is 5.41 Å². The van der Waals surface area contributed by atoms with Crippen LogP contribution in [0.4, 0.5) is 10.3 Å². The minimum atomic E-state index is 0.0161. The van der Waals surface area contributed by atoms with Crippen LogP contribution in [0.5, 0.6) is 0 Å². The van der Waals surface area contributed by atoms with E-state index in [1.54, 1.807) is 11.3 Å². The molecule has 0 unspecified atom stereocenters. The molecule has 2 aromatic heterocycles. The molecule has 6 heteroatoms. The fourth-order valence-electron chi connectivity index (χ4n) is 2.43. The molecule has 0 bridgehead atoms. The van der Waals surface area contributed by atoms with E-state index in [0.29, 0.717) is 5.13 Å². The monoisotopic (exact) mass is 308 g/mol. The van der Waals surface area contributed by atoms with Crippen molar-refractivity contribution in [3.05, 3.63) is 11.1 Å². The lowest BCUT2D eigenvalue weighted by atomic mass is 9.91. The number of nitrogens with two attached hydrogens (primary N) is 1. The lowest BCUT2D eigenvalue weighted by Gasteiger charge is -2.17. The minimum absolute atomic E-state index is 0.0161. The number of hydrogen-bond acceptors (Lipinski definition) is 6. The van der Waals surface area contributed by atoms with Crippen molar-refractivity contribution in [2.75, 3.05) is 23.7 Å². The standard InChI is InChI=1S/C14H20N4S2/c1-14(2,3)11-10(9-8-19-12(15)16-9)20-13(17-11)18-6-4-5-7-18/h8H,4-7H2,1-3H3,(H2,15,16). The topological polar surface area (TPSA) is 55.0 Å². The molecule has 0 atom stereocenters. The first-order chi connectivity index (χ1) is 9.45. The summed E-state index contributed by atoms with van der Waals surface area (Å²) in [6.45, 7) is 8.85. The van der Waals surface area contributed by atoms with Gasteiger partial charge in [-0.2, -0.15) is 0 Å². The summed E-state index contributed by atoms with van der Waals surface area (Å²) >= 11 is 3.25. The molecule has 108 valence electrons. The molecule has 1 saturated heterocycles. The largest absolute Gasteiger partial charge is 0.375 e. The Labute approximate surface area is 127 Å². The van der Waals surface area contributed by atoms with Gasteiger partial charge in [0.25, 0.3) is 0 Å². The van der Waals surface area contributed by atoms with Gasteiger partial charge in [-0.25, -0.2) is 9.97 Å². The van der Waals surface area contributed by atoms with Gasteiger partial charge in [0.05, 0.1) is 16.3 Å². The third kappa shape index (κ3) is 2.54. The molecule has 4 nitrogen and oxygen atoms in total. The molecule has 2 N–H and O–H groups in total. The van der Waals surface area contributed by atoms with Gasteiger partial charge in [-0.1, -0.05) is 32.1 Å². The van der Waals surface area contributed by atoms with Crippen molar-refractivity contribution in [3.63, 3.8) is 0 Å². The average molecular weight is 308 g/mol. The first-order valence-corrected chi connectivity index (χ1v) is 8.62. The van der Waals surface area contributed by atoms with E-state index in [9.17, 15) is 0 Å². The summed E-state index contributed by atoms with van der Waals surface area (Å²) in [7, 11) is 0. The van der Waals surface area contributed by atoms with E-state index < -0.39 is 0 Å². The first-order valence-electron chi connectivity index (χ1n) is 6.93. The lowest BCUT2D eigenvalue weighted by Crippen LogP contribution is -2.18.